The normalized spacial score (nSPS) is 22.4. The van der Waals surface area contributed by atoms with Crippen molar-refractivity contribution in [3.05, 3.63) is 24.0 Å². The Morgan fingerprint density at radius 1 is 1.35 bits per heavy atom. The van der Waals surface area contributed by atoms with Crippen LogP contribution in [0.5, 0.6) is 0 Å². The molecule has 0 aromatic carbocycles. The Morgan fingerprint density at radius 2 is 2.15 bits per heavy atom. The molecule has 0 saturated heterocycles. The van der Waals surface area contributed by atoms with Gasteiger partial charge in [0.05, 0.1) is 24.1 Å². The number of nitrogens with zero attached hydrogens (tertiary/aromatic N) is 2. The second-order valence-electron chi connectivity index (χ2n) is 5.15. The topological polar surface area (TPSA) is 90.1 Å². The summed E-state index contributed by atoms with van der Waals surface area (Å²) in [6.45, 7) is 1.28. The van der Waals surface area contributed by atoms with Gasteiger partial charge in [-0.2, -0.15) is 10.2 Å². The van der Waals surface area contributed by atoms with Gasteiger partial charge in [-0.1, -0.05) is 0 Å². The lowest BCUT2D eigenvalue weighted by atomic mass is 9.94. The van der Waals surface area contributed by atoms with Crippen molar-refractivity contribution in [3.63, 3.8) is 0 Å². The number of nitrogens with one attached hydrogen (secondary N) is 1. The van der Waals surface area contributed by atoms with Crippen LogP contribution in [0.15, 0.2) is 18.5 Å². The largest absolute Gasteiger partial charge is 0.378 e. The van der Waals surface area contributed by atoms with Gasteiger partial charge in [0.25, 0.3) is 5.91 Å². The van der Waals surface area contributed by atoms with Crippen molar-refractivity contribution < 1.29 is 9.53 Å². The van der Waals surface area contributed by atoms with Gasteiger partial charge in [-0.05, 0) is 38.2 Å². The van der Waals surface area contributed by atoms with E-state index in [4.69, 9.17) is 10.5 Å². The Morgan fingerprint density at radius 3 is 2.85 bits per heavy atom. The Labute approximate surface area is 119 Å². The number of ether oxygens (including phenoxy) is 1. The van der Waals surface area contributed by atoms with Crippen LogP contribution in [0.3, 0.4) is 0 Å². The first-order valence-corrected chi connectivity index (χ1v) is 7.18. The third-order valence-corrected chi connectivity index (χ3v) is 3.53. The van der Waals surface area contributed by atoms with Crippen molar-refractivity contribution in [1.29, 1.82) is 0 Å². The fourth-order valence-electron chi connectivity index (χ4n) is 2.31. The highest BCUT2D eigenvalue weighted by atomic mass is 16.5. The summed E-state index contributed by atoms with van der Waals surface area (Å²) in [5.74, 6) is -0.122. The van der Waals surface area contributed by atoms with E-state index in [0.717, 1.165) is 32.1 Å². The van der Waals surface area contributed by atoms with E-state index >= 15 is 0 Å². The zero-order valence-electron chi connectivity index (χ0n) is 11.6. The number of carbonyl (C=O) groups excluding carboxylic acids is 1. The molecule has 0 radical (unpaired) electrons. The van der Waals surface area contributed by atoms with Crippen LogP contribution in [0.4, 0.5) is 0 Å². The molecule has 0 aliphatic heterocycles. The van der Waals surface area contributed by atoms with Crippen LogP contribution in [0, 0.1) is 0 Å². The number of hydrogen-bond acceptors (Lipinski definition) is 5. The van der Waals surface area contributed by atoms with Crippen molar-refractivity contribution >= 4 is 5.91 Å². The molecule has 3 N–H and O–H groups in total. The Bertz CT molecular complexity index is 405. The summed E-state index contributed by atoms with van der Waals surface area (Å²) in [6.07, 6.45) is 8.32. The number of amides is 1. The lowest BCUT2D eigenvalue weighted by Gasteiger charge is -2.26. The molecule has 1 aromatic rings. The van der Waals surface area contributed by atoms with Gasteiger partial charge in [0.2, 0.25) is 0 Å². The summed E-state index contributed by atoms with van der Waals surface area (Å²) < 4.78 is 5.79. The number of aromatic nitrogens is 2. The second-order valence-corrected chi connectivity index (χ2v) is 5.15. The smallest absolute Gasteiger partial charge is 0.252 e. The van der Waals surface area contributed by atoms with Crippen molar-refractivity contribution in [3.8, 4) is 0 Å². The highest BCUT2D eigenvalue weighted by Gasteiger charge is 2.18. The molecule has 2 rings (SSSR count). The predicted molar refractivity (Wildman–Crippen MR) is 75.2 cm³/mol. The second kappa shape index (κ2) is 7.91. The summed E-state index contributed by atoms with van der Waals surface area (Å²) in [5.41, 5.74) is 6.38. The average Bonchev–Trinajstić information content (AvgIpc) is 2.49. The number of carbonyl (C=O) groups is 1. The van der Waals surface area contributed by atoms with E-state index in [-0.39, 0.29) is 5.91 Å². The first-order chi connectivity index (χ1) is 9.75. The van der Waals surface area contributed by atoms with Crippen molar-refractivity contribution in [1.82, 2.24) is 15.5 Å². The summed E-state index contributed by atoms with van der Waals surface area (Å²) in [7, 11) is 0. The molecule has 1 aliphatic rings. The van der Waals surface area contributed by atoms with Crippen molar-refractivity contribution in [2.75, 3.05) is 13.2 Å². The van der Waals surface area contributed by atoms with Crippen LogP contribution in [0.1, 0.15) is 42.5 Å². The van der Waals surface area contributed by atoms with Crippen LogP contribution in [0.25, 0.3) is 0 Å². The Kier molecular flexibility index (Phi) is 5.88. The van der Waals surface area contributed by atoms with E-state index in [1.807, 2.05) is 0 Å². The zero-order chi connectivity index (χ0) is 14.2. The minimum Gasteiger partial charge on any atom is -0.378 e. The SMILES string of the molecule is NC1CCC(OCCCNC(=O)c2ccnnc2)CC1. The van der Waals surface area contributed by atoms with E-state index in [0.29, 0.717) is 30.9 Å². The van der Waals surface area contributed by atoms with Crippen LogP contribution in [0.2, 0.25) is 0 Å². The Balaban J connectivity index is 1.55. The molecule has 1 amide bonds. The van der Waals surface area contributed by atoms with E-state index in [1.165, 1.54) is 12.4 Å². The van der Waals surface area contributed by atoms with Crippen molar-refractivity contribution in [2.45, 2.75) is 44.2 Å². The van der Waals surface area contributed by atoms with E-state index in [9.17, 15) is 4.79 Å². The molecule has 6 nitrogen and oxygen atoms in total. The maximum Gasteiger partial charge on any atom is 0.252 e. The first kappa shape index (κ1) is 14.9. The van der Waals surface area contributed by atoms with Gasteiger partial charge < -0.3 is 15.8 Å². The summed E-state index contributed by atoms with van der Waals surface area (Å²) >= 11 is 0. The Hall–Kier alpha value is -1.53. The van der Waals surface area contributed by atoms with Crippen molar-refractivity contribution in [2.24, 2.45) is 5.73 Å². The summed E-state index contributed by atoms with van der Waals surface area (Å²) in [6, 6.07) is 1.99. The monoisotopic (exact) mass is 278 g/mol. The quantitative estimate of drug-likeness (QED) is 0.754. The zero-order valence-corrected chi connectivity index (χ0v) is 11.6. The molecule has 1 fully saturated rings. The number of hydrogen-bond donors (Lipinski definition) is 2. The maximum atomic E-state index is 11.7. The van der Waals surface area contributed by atoms with Gasteiger partial charge in [0, 0.05) is 19.2 Å². The van der Waals surface area contributed by atoms with Crippen LogP contribution < -0.4 is 11.1 Å². The minimum absolute atomic E-state index is 0.122. The number of nitrogens with two attached hydrogens (primary N) is 1. The molecular weight excluding hydrogens is 256 g/mol. The molecule has 20 heavy (non-hydrogen) atoms. The molecule has 0 spiro atoms. The van der Waals surface area contributed by atoms with E-state index in [1.54, 1.807) is 6.07 Å². The minimum atomic E-state index is -0.122. The molecule has 1 aliphatic carbocycles. The average molecular weight is 278 g/mol. The molecule has 0 atom stereocenters. The molecule has 110 valence electrons. The molecule has 0 bridgehead atoms. The third kappa shape index (κ3) is 4.86. The van der Waals surface area contributed by atoms with Gasteiger partial charge in [0.15, 0.2) is 0 Å². The molecule has 1 heterocycles. The standard InChI is InChI=1S/C14H22N4O2/c15-12-2-4-13(5-3-12)20-9-1-7-16-14(19)11-6-8-17-18-10-11/h6,8,10,12-13H,1-5,7,9,15H2,(H,16,19). The molecule has 0 unspecified atom stereocenters. The molecular formula is C14H22N4O2. The van der Waals surface area contributed by atoms with Gasteiger partial charge in [-0.15, -0.1) is 0 Å². The van der Waals surface area contributed by atoms with Crippen LogP contribution in [-0.4, -0.2) is 41.4 Å². The van der Waals surface area contributed by atoms with E-state index < -0.39 is 0 Å². The van der Waals surface area contributed by atoms with Crippen LogP contribution in [-0.2, 0) is 4.74 Å². The summed E-state index contributed by atoms with van der Waals surface area (Å²) in [5, 5.41) is 10.1. The highest BCUT2D eigenvalue weighted by molar-refractivity contribution is 5.93. The van der Waals surface area contributed by atoms with Gasteiger partial charge in [0.1, 0.15) is 0 Å². The fourth-order valence-corrected chi connectivity index (χ4v) is 2.31. The lowest BCUT2D eigenvalue weighted by molar-refractivity contribution is 0.0241. The number of rotatable bonds is 6. The van der Waals surface area contributed by atoms with Gasteiger partial charge in [-0.3, -0.25) is 4.79 Å². The lowest BCUT2D eigenvalue weighted by Crippen LogP contribution is -2.31. The first-order valence-electron chi connectivity index (χ1n) is 7.18. The molecule has 1 saturated carbocycles. The van der Waals surface area contributed by atoms with Crippen LogP contribution >= 0.6 is 0 Å². The third-order valence-electron chi connectivity index (χ3n) is 3.53. The molecule has 6 heteroatoms. The molecule has 1 aromatic heterocycles. The maximum absolute atomic E-state index is 11.7. The fraction of sp³-hybridized carbons (Fsp3) is 0.643. The summed E-state index contributed by atoms with van der Waals surface area (Å²) in [4.78, 5) is 11.7. The van der Waals surface area contributed by atoms with Gasteiger partial charge in [-0.25, -0.2) is 0 Å². The van der Waals surface area contributed by atoms with E-state index in [2.05, 4.69) is 15.5 Å². The van der Waals surface area contributed by atoms with Gasteiger partial charge >= 0.3 is 0 Å². The predicted octanol–water partition coefficient (Wildman–Crippen LogP) is 0.883. The highest BCUT2D eigenvalue weighted by Crippen LogP contribution is 2.19.